The molecule has 0 spiro atoms. The second-order valence-corrected chi connectivity index (χ2v) is 6.77. The molecule has 0 saturated carbocycles. The fourth-order valence-electron chi connectivity index (χ4n) is 3.09. The van der Waals surface area contributed by atoms with Crippen LogP contribution in [0.3, 0.4) is 0 Å². The second kappa shape index (κ2) is 8.19. The Balaban J connectivity index is 1.52. The van der Waals surface area contributed by atoms with Gasteiger partial charge in [-0.2, -0.15) is 18.3 Å². The molecule has 1 saturated heterocycles. The zero-order valence-electron chi connectivity index (χ0n) is 15.7. The minimum absolute atomic E-state index is 0.187. The Hall–Kier alpha value is -3.34. The summed E-state index contributed by atoms with van der Waals surface area (Å²) < 4.78 is 44.5. The van der Waals surface area contributed by atoms with Gasteiger partial charge in [0.1, 0.15) is 17.9 Å². The van der Waals surface area contributed by atoms with E-state index in [1.807, 2.05) is 10.9 Å². The van der Waals surface area contributed by atoms with Gasteiger partial charge in [0.25, 0.3) is 0 Å². The highest BCUT2D eigenvalue weighted by molar-refractivity contribution is 5.99. The van der Waals surface area contributed by atoms with Gasteiger partial charge in [-0.25, -0.2) is 15.0 Å². The van der Waals surface area contributed by atoms with Gasteiger partial charge in [0, 0.05) is 25.0 Å². The zero-order chi connectivity index (χ0) is 21.1. The average Bonchev–Trinajstić information content (AvgIpc) is 3.42. The lowest BCUT2D eigenvalue weighted by molar-refractivity contribution is -0.0583. The van der Waals surface area contributed by atoms with Crippen LogP contribution < -0.4 is 0 Å². The summed E-state index contributed by atoms with van der Waals surface area (Å²) in [7, 11) is 0. The normalized spacial score (nSPS) is 15.7. The van der Waals surface area contributed by atoms with Crippen molar-refractivity contribution >= 4 is 11.8 Å². The molecule has 0 aromatic carbocycles. The van der Waals surface area contributed by atoms with Crippen molar-refractivity contribution < 1.29 is 17.9 Å². The number of imidazole rings is 1. The zero-order valence-corrected chi connectivity index (χ0v) is 15.7. The monoisotopic (exact) mass is 417 g/mol. The summed E-state index contributed by atoms with van der Waals surface area (Å²) in [5.74, 6) is 0.187. The van der Waals surface area contributed by atoms with Crippen LogP contribution in [0.2, 0.25) is 0 Å². The molecule has 156 valence electrons. The summed E-state index contributed by atoms with van der Waals surface area (Å²) >= 11 is 0. The number of halogens is 3. The van der Waals surface area contributed by atoms with Crippen LogP contribution in [0.25, 0.3) is 28.7 Å². The quantitative estimate of drug-likeness (QED) is 0.616. The smallest absolute Gasteiger partial charge is 0.381 e. The molecular weight excluding hydrogens is 399 g/mol. The first kappa shape index (κ1) is 20.0. The van der Waals surface area contributed by atoms with Gasteiger partial charge in [0.15, 0.2) is 0 Å². The average molecular weight is 417 g/mol. The molecular formula is C19H18F3N7O. The van der Waals surface area contributed by atoms with Crippen molar-refractivity contribution in [2.75, 3.05) is 13.2 Å². The minimum atomic E-state index is -4.69. The molecule has 0 unspecified atom stereocenters. The molecule has 3 aromatic rings. The number of hydrogen-bond acceptors (Lipinski definition) is 6. The Morgan fingerprint density at radius 2 is 1.93 bits per heavy atom. The molecule has 0 bridgehead atoms. The van der Waals surface area contributed by atoms with E-state index in [0.29, 0.717) is 29.2 Å². The fraction of sp³-hybridized carbons (Fsp3) is 0.316. The summed E-state index contributed by atoms with van der Waals surface area (Å²) in [4.78, 5) is 15.4. The number of nitrogens with zero attached hydrogens (tertiary/aromatic N) is 5. The van der Waals surface area contributed by atoms with E-state index in [1.54, 1.807) is 12.3 Å². The van der Waals surface area contributed by atoms with E-state index in [0.717, 1.165) is 37.7 Å². The Kier molecular flexibility index (Phi) is 5.44. The topological polar surface area (TPSA) is 105 Å². The molecule has 3 aromatic heterocycles. The largest absolute Gasteiger partial charge is 0.432 e. The second-order valence-electron chi connectivity index (χ2n) is 6.77. The van der Waals surface area contributed by atoms with Gasteiger partial charge >= 0.3 is 6.18 Å². The third-order valence-corrected chi connectivity index (χ3v) is 4.71. The number of aromatic nitrogens is 6. The predicted octanol–water partition coefficient (Wildman–Crippen LogP) is 3.68. The van der Waals surface area contributed by atoms with Crippen LogP contribution in [0.1, 0.15) is 24.7 Å². The third-order valence-electron chi connectivity index (χ3n) is 4.71. The molecule has 2 N–H and O–H groups in total. The minimum Gasteiger partial charge on any atom is -0.381 e. The van der Waals surface area contributed by atoms with Gasteiger partial charge in [-0.15, -0.1) is 0 Å². The Bertz CT molecular complexity index is 1060. The van der Waals surface area contributed by atoms with Crippen molar-refractivity contribution in [1.82, 2.24) is 29.7 Å². The van der Waals surface area contributed by atoms with E-state index in [2.05, 4.69) is 25.0 Å². The highest BCUT2D eigenvalue weighted by Gasteiger charge is 2.32. The maximum absolute atomic E-state index is 12.4. The molecule has 0 atom stereocenters. The molecule has 1 aliphatic rings. The van der Waals surface area contributed by atoms with Gasteiger partial charge in [0.2, 0.25) is 0 Å². The third kappa shape index (κ3) is 4.46. The number of alkyl halides is 3. The number of H-pyrrole nitrogens is 1. The Morgan fingerprint density at radius 1 is 1.17 bits per heavy atom. The molecule has 0 aliphatic carbocycles. The molecule has 8 nitrogen and oxygen atoms in total. The molecule has 11 heteroatoms. The molecule has 1 fully saturated rings. The van der Waals surface area contributed by atoms with Crippen molar-refractivity contribution in [3.8, 4) is 22.6 Å². The van der Waals surface area contributed by atoms with Crippen LogP contribution in [0.4, 0.5) is 13.2 Å². The number of rotatable bonds is 5. The number of aromatic amines is 1. The van der Waals surface area contributed by atoms with Gasteiger partial charge in [-0.1, -0.05) is 0 Å². The van der Waals surface area contributed by atoms with Crippen molar-refractivity contribution in [1.29, 1.82) is 5.41 Å². The predicted molar refractivity (Wildman–Crippen MR) is 103 cm³/mol. The first-order valence-electron chi connectivity index (χ1n) is 9.23. The first-order valence-corrected chi connectivity index (χ1v) is 9.23. The van der Waals surface area contributed by atoms with Crippen molar-refractivity contribution in [3.05, 3.63) is 42.9 Å². The van der Waals surface area contributed by atoms with Crippen LogP contribution in [-0.4, -0.2) is 54.8 Å². The van der Waals surface area contributed by atoms with E-state index in [-0.39, 0.29) is 5.82 Å². The molecule has 4 rings (SSSR count). The lowest BCUT2D eigenvalue weighted by atomic mass is 10.1. The van der Waals surface area contributed by atoms with Gasteiger partial charge in [-0.05, 0) is 31.1 Å². The van der Waals surface area contributed by atoms with E-state index in [4.69, 9.17) is 10.1 Å². The van der Waals surface area contributed by atoms with Gasteiger partial charge in [-0.3, -0.25) is 10.1 Å². The standard InChI is InChI=1S/C19H18F3N7O/c20-19(21,22)17(23)1-2-18-24-9-16(28-18)15-7-14(25-11-26-15)12-8-27-29(10-12)13-3-5-30-6-4-13/h1-2,7-11,13,23H,3-6H2,(H,24,28)/b2-1-,23-17?. The van der Waals surface area contributed by atoms with Crippen molar-refractivity contribution in [2.24, 2.45) is 0 Å². The highest BCUT2D eigenvalue weighted by Crippen LogP contribution is 2.25. The lowest BCUT2D eigenvalue weighted by Crippen LogP contribution is -2.19. The van der Waals surface area contributed by atoms with Crippen molar-refractivity contribution in [2.45, 2.75) is 25.1 Å². The van der Waals surface area contributed by atoms with Crippen LogP contribution >= 0.6 is 0 Å². The Morgan fingerprint density at radius 3 is 2.70 bits per heavy atom. The number of allylic oxidation sites excluding steroid dienone is 1. The molecule has 30 heavy (non-hydrogen) atoms. The van der Waals surface area contributed by atoms with E-state index >= 15 is 0 Å². The fourth-order valence-corrected chi connectivity index (χ4v) is 3.09. The maximum atomic E-state index is 12.4. The van der Waals surface area contributed by atoms with E-state index < -0.39 is 11.9 Å². The molecule has 4 heterocycles. The highest BCUT2D eigenvalue weighted by atomic mass is 19.4. The van der Waals surface area contributed by atoms with Gasteiger partial charge in [0.05, 0.1) is 35.5 Å². The lowest BCUT2D eigenvalue weighted by Gasteiger charge is -2.22. The Labute approximate surface area is 169 Å². The van der Waals surface area contributed by atoms with Crippen LogP contribution in [-0.2, 0) is 4.74 Å². The number of hydrogen-bond donors (Lipinski definition) is 2. The van der Waals surface area contributed by atoms with Crippen LogP contribution in [0, 0.1) is 5.41 Å². The molecule has 1 aliphatic heterocycles. The summed E-state index contributed by atoms with van der Waals surface area (Å²) in [6.07, 6.45) is 5.43. The molecule has 0 amide bonds. The first-order chi connectivity index (χ1) is 14.4. The van der Waals surface area contributed by atoms with E-state index in [1.165, 1.54) is 12.5 Å². The number of ether oxygens (including phenoxy) is 1. The summed E-state index contributed by atoms with van der Waals surface area (Å²) in [5.41, 5.74) is 1.11. The van der Waals surface area contributed by atoms with Crippen molar-refractivity contribution in [3.63, 3.8) is 0 Å². The number of nitrogens with one attached hydrogen (secondary N) is 2. The van der Waals surface area contributed by atoms with Gasteiger partial charge < -0.3 is 9.72 Å². The summed E-state index contributed by atoms with van der Waals surface area (Å²) in [6, 6.07) is 2.05. The van der Waals surface area contributed by atoms with Crippen LogP contribution in [0.5, 0.6) is 0 Å². The SMILES string of the molecule is N=C(/C=C\c1ncc(-c2cc(-c3cnn(C4CCOCC4)c3)ncn2)[nH]1)C(F)(F)F. The summed E-state index contributed by atoms with van der Waals surface area (Å²) in [5, 5.41) is 11.4. The summed E-state index contributed by atoms with van der Waals surface area (Å²) in [6.45, 7) is 1.44. The van der Waals surface area contributed by atoms with Crippen LogP contribution in [0.15, 0.2) is 37.1 Å². The molecule has 0 radical (unpaired) electrons. The van der Waals surface area contributed by atoms with E-state index in [9.17, 15) is 13.2 Å². The maximum Gasteiger partial charge on any atom is 0.432 e.